The number of nitrogens with one attached hydrogen (secondary N) is 1. The van der Waals surface area contributed by atoms with Crippen LogP contribution in [0.25, 0.3) is 0 Å². The van der Waals surface area contributed by atoms with Crippen LogP contribution in [0, 0.1) is 15.9 Å². The van der Waals surface area contributed by atoms with Gasteiger partial charge in [0.25, 0.3) is 5.69 Å². The van der Waals surface area contributed by atoms with Gasteiger partial charge >= 0.3 is 0 Å². The summed E-state index contributed by atoms with van der Waals surface area (Å²) >= 11 is 0. The van der Waals surface area contributed by atoms with Crippen LogP contribution in [0.3, 0.4) is 0 Å². The Morgan fingerprint density at radius 1 is 1.27 bits per heavy atom. The van der Waals surface area contributed by atoms with E-state index in [0.717, 1.165) is 5.56 Å². The third-order valence-corrected chi connectivity index (χ3v) is 4.13. The Bertz CT molecular complexity index is 797. The Kier molecular flexibility index (Phi) is 5.55. The minimum atomic E-state index is -0.533. The molecule has 1 aliphatic rings. The number of nitro groups is 1. The monoisotopic (exact) mass is 359 g/mol. The van der Waals surface area contributed by atoms with Gasteiger partial charge in [-0.05, 0) is 23.8 Å². The van der Waals surface area contributed by atoms with Gasteiger partial charge in [0.05, 0.1) is 24.2 Å². The Hall–Kier alpha value is -2.84. The van der Waals surface area contributed by atoms with Crippen LogP contribution in [-0.2, 0) is 9.53 Å². The van der Waals surface area contributed by atoms with Crippen molar-refractivity contribution in [3.63, 3.8) is 0 Å². The van der Waals surface area contributed by atoms with Crippen LogP contribution in [0.5, 0.6) is 0 Å². The first-order chi connectivity index (χ1) is 12.5. The van der Waals surface area contributed by atoms with Crippen LogP contribution in [-0.4, -0.2) is 42.0 Å². The molecule has 1 heterocycles. The maximum absolute atomic E-state index is 13.0. The van der Waals surface area contributed by atoms with Crippen molar-refractivity contribution in [3.05, 3.63) is 70.0 Å². The Labute approximate surface area is 149 Å². The molecule has 136 valence electrons. The zero-order chi connectivity index (χ0) is 18.5. The highest BCUT2D eigenvalue weighted by Gasteiger charge is 2.24. The van der Waals surface area contributed by atoms with E-state index in [1.165, 1.54) is 24.3 Å². The number of hydrogen-bond acceptors (Lipinski definition) is 5. The van der Waals surface area contributed by atoms with Gasteiger partial charge in [-0.15, -0.1) is 0 Å². The molecule has 1 amide bonds. The predicted molar refractivity (Wildman–Crippen MR) is 93.3 cm³/mol. The molecule has 0 saturated carbocycles. The van der Waals surface area contributed by atoms with Gasteiger partial charge in [-0.25, -0.2) is 4.39 Å². The van der Waals surface area contributed by atoms with Crippen LogP contribution in [0.2, 0.25) is 0 Å². The molecular weight excluding hydrogens is 341 g/mol. The average Bonchev–Trinajstić information content (AvgIpc) is 2.62. The fraction of sp³-hybridized carbons (Fsp3) is 0.278. The van der Waals surface area contributed by atoms with Crippen molar-refractivity contribution >= 4 is 17.3 Å². The number of carbonyl (C=O) groups excluding carboxylic acids is 1. The predicted octanol–water partition coefficient (Wildman–Crippen LogP) is 2.75. The molecule has 3 rings (SSSR count). The number of benzene rings is 2. The first kappa shape index (κ1) is 18.0. The molecular formula is C18H18FN3O4. The fourth-order valence-corrected chi connectivity index (χ4v) is 2.86. The minimum absolute atomic E-state index is 0.0904. The Balaban J connectivity index is 1.61. The van der Waals surface area contributed by atoms with E-state index in [0.29, 0.717) is 19.7 Å². The first-order valence-electron chi connectivity index (χ1n) is 8.15. The summed E-state index contributed by atoms with van der Waals surface area (Å²) in [5, 5.41) is 13.6. The van der Waals surface area contributed by atoms with Crippen LogP contribution < -0.4 is 5.32 Å². The fourth-order valence-electron chi connectivity index (χ4n) is 2.86. The second kappa shape index (κ2) is 8.03. The highest BCUT2D eigenvalue weighted by molar-refractivity contribution is 5.94. The van der Waals surface area contributed by atoms with E-state index in [1.807, 2.05) is 4.90 Å². The summed E-state index contributed by atoms with van der Waals surface area (Å²) in [5.74, 6) is -0.649. The molecule has 0 aliphatic carbocycles. The lowest BCUT2D eigenvalue weighted by atomic mass is 10.1. The second-order valence-electron chi connectivity index (χ2n) is 5.97. The summed E-state index contributed by atoms with van der Waals surface area (Å²) in [5.41, 5.74) is 0.869. The quantitative estimate of drug-likeness (QED) is 0.655. The normalized spacial score (nSPS) is 17.7. The van der Waals surface area contributed by atoms with E-state index in [4.69, 9.17) is 4.74 Å². The number of rotatable bonds is 5. The van der Waals surface area contributed by atoms with Crippen LogP contribution in [0.1, 0.15) is 11.7 Å². The molecule has 1 atom stereocenters. The number of anilines is 1. The van der Waals surface area contributed by atoms with E-state index in [9.17, 15) is 19.3 Å². The average molecular weight is 359 g/mol. The summed E-state index contributed by atoms with van der Waals surface area (Å²) in [4.78, 5) is 24.7. The second-order valence-corrected chi connectivity index (χ2v) is 5.97. The number of hydrogen-bond donors (Lipinski definition) is 1. The maximum atomic E-state index is 13.0. The Morgan fingerprint density at radius 3 is 2.73 bits per heavy atom. The number of morpholine rings is 1. The van der Waals surface area contributed by atoms with Crippen molar-refractivity contribution < 1.29 is 18.8 Å². The van der Waals surface area contributed by atoms with Gasteiger partial charge in [-0.3, -0.25) is 19.8 Å². The molecule has 8 heteroatoms. The zero-order valence-corrected chi connectivity index (χ0v) is 13.9. The van der Waals surface area contributed by atoms with Crippen molar-refractivity contribution in [2.24, 2.45) is 0 Å². The molecule has 1 fully saturated rings. The molecule has 0 spiro atoms. The SMILES string of the molecule is O=C(CN1CCOC(c2ccc(F)cc2)C1)Nc1ccccc1[N+](=O)[O-]. The van der Waals surface area contributed by atoms with E-state index in [1.54, 1.807) is 24.3 Å². The number of ether oxygens (including phenoxy) is 1. The molecule has 0 bridgehead atoms. The molecule has 1 N–H and O–H groups in total. The van der Waals surface area contributed by atoms with E-state index in [2.05, 4.69) is 5.32 Å². The lowest BCUT2D eigenvalue weighted by Gasteiger charge is -2.32. The molecule has 7 nitrogen and oxygen atoms in total. The van der Waals surface area contributed by atoms with Crippen LogP contribution in [0.15, 0.2) is 48.5 Å². The van der Waals surface area contributed by atoms with Gasteiger partial charge in [-0.1, -0.05) is 24.3 Å². The van der Waals surface area contributed by atoms with Crippen molar-refractivity contribution in [1.82, 2.24) is 4.90 Å². The number of para-hydroxylation sites is 2. The van der Waals surface area contributed by atoms with Gasteiger partial charge in [0.1, 0.15) is 11.5 Å². The number of nitrogens with zero attached hydrogens (tertiary/aromatic N) is 2. The van der Waals surface area contributed by atoms with Gasteiger partial charge < -0.3 is 10.1 Å². The van der Waals surface area contributed by atoms with Crippen molar-refractivity contribution in [1.29, 1.82) is 0 Å². The van der Waals surface area contributed by atoms with Crippen molar-refractivity contribution in [2.75, 3.05) is 31.6 Å². The molecule has 26 heavy (non-hydrogen) atoms. The smallest absolute Gasteiger partial charge is 0.292 e. The topological polar surface area (TPSA) is 84.7 Å². The summed E-state index contributed by atoms with van der Waals surface area (Å²) in [6.45, 7) is 1.59. The lowest BCUT2D eigenvalue weighted by molar-refractivity contribution is -0.383. The number of nitro benzene ring substituents is 1. The largest absolute Gasteiger partial charge is 0.371 e. The molecule has 2 aromatic rings. The highest BCUT2D eigenvalue weighted by atomic mass is 19.1. The van der Waals surface area contributed by atoms with Gasteiger partial charge in [0.15, 0.2) is 0 Å². The summed E-state index contributed by atoms with van der Waals surface area (Å²) in [6, 6.07) is 12.1. The standard InChI is InChI=1S/C18H18FN3O4/c19-14-7-5-13(6-8-14)17-11-21(9-10-26-17)12-18(23)20-15-3-1-2-4-16(15)22(24)25/h1-8,17H,9-12H2,(H,20,23). The van der Waals surface area contributed by atoms with E-state index < -0.39 is 4.92 Å². The third kappa shape index (κ3) is 4.41. The summed E-state index contributed by atoms with van der Waals surface area (Å²) in [6.07, 6.45) is -0.247. The first-order valence-corrected chi connectivity index (χ1v) is 8.15. The zero-order valence-electron chi connectivity index (χ0n) is 13.9. The molecule has 1 aliphatic heterocycles. The van der Waals surface area contributed by atoms with Crippen molar-refractivity contribution in [3.8, 4) is 0 Å². The third-order valence-electron chi connectivity index (χ3n) is 4.13. The molecule has 1 unspecified atom stereocenters. The lowest BCUT2D eigenvalue weighted by Crippen LogP contribution is -2.42. The molecule has 0 radical (unpaired) electrons. The van der Waals surface area contributed by atoms with Gasteiger partial charge in [0.2, 0.25) is 5.91 Å². The number of halogens is 1. The molecule has 2 aromatic carbocycles. The van der Waals surface area contributed by atoms with Gasteiger partial charge in [0, 0.05) is 19.2 Å². The van der Waals surface area contributed by atoms with E-state index >= 15 is 0 Å². The highest BCUT2D eigenvalue weighted by Crippen LogP contribution is 2.24. The van der Waals surface area contributed by atoms with Crippen LogP contribution in [0.4, 0.5) is 15.8 Å². The summed E-state index contributed by atoms with van der Waals surface area (Å²) < 4.78 is 18.7. The maximum Gasteiger partial charge on any atom is 0.292 e. The molecule has 0 aromatic heterocycles. The molecule has 1 saturated heterocycles. The number of amides is 1. The number of carbonyl (C=O) groups is 1. The minimum Gasteiger partial charge on any atom is -0.371 e. The van der Waals surface area contributed by atoms with Gasteiger partial charge in [-0.2, -0.15) is 0 Å². The van der Waals surface area contributed by atoms with E-state index in [-0.39, 0.29) is 35.7 Å². The van der Waals surface area contributed by atoms with Crippen LogP contribution >= 0.6 is 0 Å². The van der Waals surface area contributed by atoms with Crippen molar-refractivity contribution in [2.45, 2.75) is 6.10 Å². The summed E-state index contributed by atoms with van der Waals surface area (Å²) in [7, 11) is 0. The Morgan fingerprint density at radius 2 is 2.00 bits per heavy atom.